The van der Waals surface area contributed by atoms with E-state index in [4.69, 9.17) is 0 Å². The fourth-order valence-corrected chi connectivity index (χ4v) is 2.81. The second-order valence-electron chi connectivity index (χ2n) is 5.27. The SMILES string of the molecule is CCC1CCC(NCCc2cc(F)cc(F)c2)C1. The van der Waals surface area contributed by atoms with Gasteiger partial charge in [-0.15, -0.1) is 0 Å². The quantitative estimate of drug-likeness (QED) is 0.844. The molecule has 2 rings (SSSR count). The molecule has 1 nitrogen and oxygen atoms in total. The first-order chi connectivity index (χ1) is 8.67. The number of nitrogens with one attached hydrogen (secondary N) is 1. The van der Waals surface area contributed by atoms with Crippen molar-refractivity contribution in [3.8, 4) is 0 Å². The Hall–Kier alpha value is -0.960. The van der Waals surface area contributed by atoms with Crippen molar-refractivity contribution in [3.05, 3.63) is 35.4 Å². The highest BCUT2D eigenvalue weighted by Gasteiger charge is 2.22. The summed E-state index contributed by atoms with van der Waals surface area (Å²) in [6, 6.07) is 4.33. The monoisotopic (exact) mass is 253 g/mol. The van der Waals surface area contributed by atoms with Crippen LogP contribution < -0.4 is 5.32 Å². The van der Waals surface area contributed by atoms with Gasteiger partial charge < -0.3 is 5.32 Å². The number of benzene rings is 1. The molecule has 0 spiro atoms. The molecule has 0 radical (unpaired) electrons. The van der Waals surface area contributed by atoms with Crippen LogP contribution in [0.4, 0.5) is 8.78 Å². The van der Waals surface area contributed by atoms with Gasteiger partial charge >= 0.3 is 0 Å². The van der Waals surface area contributed by atoms with Crippen LogP contribution >= 0.6 is 0 Å². The van der Waals surface area contributed by atoms with E-state index in [9.17, 15) is 8.78 Å². The van der Waals surface area contributed by atoms with Gasteiger partial charge in [-0.1, -0.05) is 13.3 Å². The third-order valence-electron chi connectivity index (χ3n) is 3.89. The lowest BCUT2D eigenvalue weighted by atomic mass is 10.1. The largest absolute Gasteiger partial charge is 0.314 e. The summed E-state index contributed by atoms with van der Waals surface area (Å²) >= 11 is 0. The summed E-state index contributed by atoms with van der Waals surface area (Å²) in [4.78, 5) is 0. The van der Waals surface area contributed by atoms with Gasteiger partial charge in [0.1, 0.15) is 11.6 Å². The molecule has 1 aromatic carbocycles. The molecule has 1 aliphatic carbocycles. The van der Waals surface area contributed by atoms with Gasteiger partial charge in [-0.25, -0.2) is 8.78 Å². The smallest absolute Gasteiger partial charge is 0.126 e. The van der Waals surface area contributed by atoms with Gasteiger partial charge in [0.15, 0.2) is 0 Å². The zero-order valence-electron chi connectivity index (χ0n) is 10.9. The molecule has 18 heavy (non-hydrogen) atoms. The highest BCUT2D eigenvalue weighted by Crippen LogP contribution is 2.27. The first-order valence-corrected chi connectivity index (χ1v) is 6.85. The average Bonchev–Trinajstić information content (AvgIpc) is 2.76. The summed E-state index contributed by atoms with van der Waals surface area (Å²) in [6.45, 7) is 3.03. The van der Waals surface area contributed by atoms with Crippen molar-refractivity contribution >= 4 is 0 Å². The topological polar surface area (TPSA) is 12.0 Å². The van der Waals surface area contributed by atoms with Crippen molar-refractivity contribution in [1.29, 1.82) is 0 Å². The highest BCUT2D eigenvalue weighted by atomic mass is 19.1. The van der Waals surface area contributed by atoms with Crippen molar-refractivity contribution in [1.82, 2.24) is 5.32 Å². The molecule has 0 heterocycles. The lowest BCUT2D eigenvalue weighted by Gasteiger charge is -2.12. The molecule has 0 bridgehead atoms. The molecule has 1 saturated carbocycles. The molecule has 2 atom stereocenters. The number of hydrogen-bond acceptors (Lipinski definition) is 1. The molecule has 3 heteroatoms. The van der Waals surface area contributed by atoms with Gasteiger partial charge in [-0.2, -0.15) is 0 Å². The van der Waals surface area contributed by atoms with E-state index in [2.05, 4.69) is 12.2 Å². The summed E-state index contributed by atoms with van der Waals surface area (Å²) < 4.78 is 26.0. The van der Waals surface area contributed by atoms with Crippen LogP contribution in [0, 0.1) is 17.6 Å². The standard InChI is InChI=1S/C15H21F2N/c1-2-11-3-4-15(9-11)18-6-5-12-7-13(16)10-14(17)8-12/h7-8,10-11,15,18H,2-6,9H2,1H3. The lowest BCUT2D eigenvalue weighted by molar-refractivity contribution is 0.478. The van der Waals surface area contributed by atoms with Crippen molar-refractivity contribution in [3.63, 3.8) is 0 Å². The number of halogens is 2. The van der Waals surface area contributed by atoms with Gasteiger partial charge in [-0.3, -0.25) is 0 Å². The maximum atomic E-state index is 13.0. The molecule has 2 unspecified atom stereocenters. The minimum atomic E-state index is -0.489. The Kier molecular flexibility index (Phi) is 4.70. The van der Waals surface area contributed by atoms with Crippen LogP contribution in [-0.4, -0.2) is 12.6 Å². The zero-order valence-corrected chi connectivity index (χ0v) is 10.9. The second kappa shape index (κ2) is 6.28. The molecule has 0 saturated heterocycles. The fourth-order valence-electron chi connectivity index (χ4n) is 2.81. The Morgan fingerprint density at radius 1 is 1.17 bits per heavy atom. The van der Waals surface area contributed by atoms with Gasteiger partial charge in [0.25, 0.3) is 0 Å². The van der Waals surface area contributed by atoms with E-state index < -0.39 is 11.6 Å². The van der Waals surface area contributed by atoms with Crippen molar-refractivity contribution < 1.29 is 8.78 Å². The molecule has 0 aromatic heterocycles. The van der Waals surface area contributed by atoms with E-state index >= 15 is 0 Å². The van der Waals surface area contributed by atoms with Crippen LogP contribution in [0.1, 0.15) is 38.2 Å². The first kappa shape index (κ1) is 13.5. The molecule has 1 aliphatic rings. The van der Waals surface area contributed by atoms with Crippen LogP contribution in [0.3, 0.4) is 0 Å². The second-order valence-corrected chi connectivity index (χ2v) is 5.27. The Morgan fingerprint density at radius 3 is 2.50 bits per heavy atom. The Morgan fingerprint density at radius 2 is 1.89 bits per heavy atom. The van der Waals surface area contributed by atoms with E-state index in [-0.39, 0.29) is 0 Å². The van der Waals surface area contributed by atoms with Crippen LogP contribution in [0.15, 0.2) is 18.2 Å². The molecule has 1 N–H and O–H groups in total. The first-order valence-electron chi connectivity index (χ1n) is 6.85. The fraction of sp³-hybridized carbons (Fsp3) is 0.600. The molecule has 1 fully saturated rings. The van der Waals surface area contributed by atoms with E-state index in [0.29, 0.717) is 12.5 Å². The van der Waals surface area contributed by atoms with E-state index in [1.165, 1.54) is 37.8 Å². The minimum absolute atomic E-state index is 0.489. The van der Waals surface area contributed by atoms with E-state index in [1.54, 1.807) is 0 Å². The van der Waals surface area contributed by atoms with E-state index in [0.717, 1.165) is 24.1 Å². The third kappa shape index (κ3) is 3.77. The molecule has 1 aromatic rings. The van der Waals surface area contributed by atoms with E-state index in [1.807, 2.05) is 0 Å². The third-order valence-corrected chi connectivity index (χ3v) is 3.89. The minimum Gasteiger partial charge on any atom is -0.314 e. The van der Waals surface area contributed by atoms with Gasteiger partial charge in [0, 0.05) is 12.1 Å². The number of rotatable bonds is 5. The van der Waals surface area contributed by atoms with Crippen LogP contribution in [0.25, 0.3) is 0 Å². The van der Waals surface area contributed by atoms with Gasteiger partial charge in [0.2, 0.25) is 0 Å². The summed E-state index contributed by atoms with van der Waals surface area (Å²) in [5.74, 6) is -0.122. The van der Waals surface area contributed by atoms with Gasteiger partial charge in [-0.05, 0) is 55.8 Å². The van der Waals surface area contributed by atoms with Crippen LogP contribution in [0.2, 0.25) is 0 Å². The summed E-state index contributed by atoms with van der Waals surface area (Å²) in [5.41, 5.74) is 0.727. The predicted octanol–water partition coefficient (Wildman–Crippen LogP) is 3.68. The zero-order chi connectivity index (χ0) is 13.0. The molecule has 100 valence electrons. The lowest BCUT2D eigenvalue weighted by Crippen LogP contribution is -2.28. The van der Waals surface area contributed by atoms with Crippen molar-refractivity contribution in [2.75, 3.05) is 6.54 Å². The average molecular weight is 253 g/mol. The number of hydrogen-bond donors (Lipinski definition) is 1. The molecule has 0 aliphatic heterocycles. The summed E-state index contributed by atoms with van der Waals surface area (Å²) in [7, 11) is 0. The maximum Gasteiger partial charge on any atom is 0.126 e. The van der Waals surface area contributed by atoms with Crippen molar-refractivity contribution in [2.24, 2.45) is 5.92 Å². The van der Waals surface area contributed by atoms with Gasteiger partial charge in [0.05, 0.1) is 0 Å². The predicted molar refractivity (Wildman–Crippen MR) is 69.5 cm³/mol. The summed E-state index contributed by atoms with van der Waals surface area (Å²) in [6.07, 6.45) is 5.72. The Bertz CT molecular complexity index is 372. The molecule has 0 amide bonds. The van der Waals surface area contributed by atoms with Crippen LogP contribution in [-0.2, 0) is 6.42 Å². The normalized spacial score (nSPS) is 23.5. The molecular formula is C15H21F2N. The van der Waals surface area contributed by atoms with Crippen molar-refractivity contribution in [2.45, 2.75) is 45.1 Å². The highest BCUT2D eigenvalue weighted by molar-refractivity contribution is 5.18. The Labute approximate surface area is 108 Å². The summed E-state index contributed by atoms with van der Waals surface area (Å²) in [5, 5.41) is 3.49. The maximum absolute atomic E-state index is 13.0. The van der Waals surface area contributed by atoms with Crippen LogP contribution in [0.5, 0.6) is 0 Å². The Balaban J connectivity index is 1.75. The molecular weight excluding hydrogens is 232 g/mol.